The van der Waals surface area contributed by atoms with Gasteiger partial charge < -0.3 is 20.1 Å². The van der Waals surface area contributed by atoms with E-state index in [1.54, 1.807) is 12.1 Å². The smallest absolute Gasteiger partial charge is 0.416 e. The molecular formula is C21H21F3N2O3. The Bertz CT molecular complexity index is 1010. The molecule has 29 heavy (non-hydrogen) atoms. The maximum atomic E-state index is 12.5. The Kier molecular flexibility index (Phi) is 5.83. The molecule has 1 unspecified atom stereocenters. The SMILES string of the molecule is Cc1[nH]c2ccc(C(=O)NCC(O)COc3ccc(C(F)(F)F)cc3)cc2c1C. The molecule has 0 saturated carbocycles. The molecule has 0 aliphatic heterocycles. The van der Waals surface area contributed by atoms with Gasteiger partial charge in [0.25, 0.3) is 5.91 Å². The van der Waals surface area contributed by atoms with Gasteiger partial charge in [0.05, 0.1) is 5.56 Å². The van der Waals surface area contributed by atoms with Crippen LogP contribution in [0.4, 0.5) is 13.2 Å². The number of fused-ring (bicyclic) bond motifs is 1. The monoisotopic (exact) mass is 406 g/mol. The van der Waals surface area contributed by atoms with Crippen LogP contribution >= 0.6 is 0 Å². The summed E-state index contributed by atoms with van der Waals surface area (Å²) in [4.78, 5) is 15.6. The van der Waals surface area contributed by atoms with Crippen LogP contribution in [0.25, 0.3) is 10.9 Å². The van der Waals surface area contributed by atoms with Gasteiger partial charge in [-0.1, -0.05) is 0 Å². The van der Waals surface area contributed by atoms with E-state index in [0.717, 1.165) is 34.3 Å². The maximum Gasteiger partial charge on any atom is 0.416 e. The van der Waals surface area contributed by atoms with Gasteiger partial charge in [-0.05, 0) is 61.9 Å². The molecule has 0 radical (unpaired) electrons. The molecule has 2 aromatic carbocycles. The normalized spacial score (nSPS) is 12.8. The molecule has 0 saturated heterocycles. The first-order chi connectivity index (χ1) is 13.6. The fourth-order valence-corrected chi connectivity index (χ4v) is 2.91. The molecule has 5 nitrogen and oxygen atoms in total. The van der Waals surface area contributed by atoms with Crippen molar-refractivity contribution in [2.45, 2.75) is 26.1 Å². The summed E-state index contributed by atoms with van der Waals surface area (Å²) >= 11 is 0. The Morgan fingerprint density at radius 2 is 1.86 bits per heavy atom. The summed E-state index contributed by atoms with van der Waals surface area (Å²) in [5.74, 6) is -0.133. The van der Waals surface area contributed by atoms with Crippen LogP contribution in [-0.4, -0.2) is 35.3 Å². The number of H-pyrrole nitrogens is 1. The van der Waals surface area contributed by atoms with Gasteiger partial charge in [-0.15, -0.1) is 0 Å². The van der Waals surface area contributed by atoms with Crippen LogP contribution in [-0.2, 0) is 6.18 Å². The third kappa shape index (κ3) is 4.89. The van der Waals surface area contributed by atoms with Crippen molar-refractivity contribution in [2.75, 3.05) is 13.2 Å². The first-order valence-corrected chi connectivity index (χ1v) is 9.00. The van der Waals surface area contributed by atoms with Gasteiger partial charge in [-0.25, -0.2) is 0 Å². The van der Waals surface area contributed by atoms with E-state index in [9.17, 15) is 23.1 Å². The number of aliphatic hydroxyl groups is 1. The number of alkyl halides is 3. The lowest BCUT2D eigenvalue weighted by Gasteiger charge is -2.14. The number of aromatic nitrogens is 1. The van der Waals surface area contributed by atoms with Crippen LogP contribution in [0.5, 0.6) is 5.75 Å². The first kappa shape index (κ1) is 20.7. The van der Waals surface area contributed by atoms with Gasteiger partial charge in [-0.3, -0.25) is 4.79 Å². The summed E-state index contributed by atoms with van der Waals surface area (Å²) in [6.45, 7) is 3.71. The van der Waals surface area contributed by atoms with Crippen molar-refractivity contribution in [2.24, 2.45) is 0 Å². The van der Waals surface area contributed by atoms with Crippen LogP contribution < -0.4 is 10.1 Å². The van der Waals surface area contributed by atoms with E-state index in [2.05, 4.69) is 10.3 Å². The molecule has 1 heterocycles. The number of rotatable bonds is 6. The number of halogens is 3. The number of carbonyl (C=O) groups is 1. The zero-order valence-corrected chi connectivity index (χ0v) is 15.9. The van der Waals surface area contributed by atoms with Crippen molar-refractivity contribution in [3.8, 4) is 5.75 Å². The number of benzene rings is 2. The molecule has 0 fully saturated rings. The largest absolute Gasteiger partial charge is 0.491 e. The molecule has 8 heteroatoms. The fraction of sp³-hybridized carbons (Fsp3) is 0.286. The molecular weight excluding hydrogens is 385 g/mol. The van der Waals surface area contributed by atoms with E-state index >= 15 is 0 Å². The van der Waals surface area contributed by atoms with Crippen molar-refractivity contribution in [3.63, 3.8) is 0 Å². The van der Waals surface area contributed by atoms with Crippen LogP contribution in [0.3, 0.4) is 0 Å². The van der Waals surface area contributed by atoms with Gasteiger partial charge in [0.1, 0.15) is 18.5 Å². The number of amides is 1. The van der Waals surface area contributed by atoms with E-state index in [0.29, 0.717) is 5.56 Å². The van der Waals surface area contributed by atoms with Gasteiger partial charge in [0.2, 0.25) is 0 Å². The quantitative estimate of drug-likeness (QED) is 0.580. The Morgan fingerprint density at radius 3 is 2.52 bits per heavy atom. The van der Waals surface area contributed by atoms with Crippen LogP contribution in [0.2, 0.25) is 0 Å². The minimum atomic E-state index is -4.41. The van der Waals surface area contributed by atoms with Crippen molar-refractivity contribution in [1.82, 2.24) is 10.3 Å². The number of hydrogen-bond acceptors (Lipinski definition) is 3. The number of ether oxygens (including phenoxy) is 1. The lowest BCUT2D eigenvalue weighted by Crippen LogP contribution is -2.35. The fourth-order valence-electron chi connectivity index (χ4n) is 2.91. The summed E-state index contributed by atoms with van der Waals surface area (Å²) < 4.78 is 42.9. The summed E-state index contributed by atoms with van der Waals surface area (Å²) in [5.41, 5.74) is 2.74. The molecule has 1 atom stereocenters. The average Bonchev–Trinajstić information content (AvgIpc) is 2.97. The van der Waals surface area contributed by atoms with Crippen LogP contribution in [0.1, 0.15) is 27.2 Å². The van der Waals surface area contributed by atoms with Gasteiger partial charge >= 0.3 is 6.18 Å². The van der Waals surface area contributed by atoms with E-state index in [1.165, 1.54) is 12.1 Å². The molecule has 0 spiro atoms. The molecule has 3 aromatic rings. The molecule has 1 aromatic heterocycles. The Hall–Kier alpha value is -3.00. The zero-order valence-electron chi connectivity index (χ0n) is 15.9. The average molecular weight is 406 g/mol. The minimum absolute atomic E-state index is 0.0529. The number of aliphatic hydroxyl groups excluding tert-OH is 1. The molecule has 3 N–H and O–H groups in total. The lowest BCUT2D eigenvalue weighted by molar-refractivity contribution is -0.137. The number of hydrogen-bond donors (Lipinski definition) is 3. The van der Waals surface area contributed by atoms with E-state index in [4.69, 9.17) is 4.74 Å². The number of carbonyl (C=O) groups excluding carboxylic acids is 1. The summed E-state index contributed by atoms with van der Waals surface area (Å²) in [7, 11) is 0. The van der Waals surface area contributed by atoms with E-state index in [1.807, 2.05) is 19.9 Å². The number of aryl methyl sites for hydroxylation is 2. The third-order valence-electron chi connectivity index (χ3n) is 4.69. The van der Waals surface area contributed by atoms with Crippen molar-refractivity contribution >= 4 is 16.8 Å². The Balaban J connectivity index is 1.52. The Morgan fingerprint density at radius 1 is 1.17 bits per heavy atom. The highest BCUT2D eigenvalue weighted by atomic mass is 19.4. The lowest BCUT2D eigenvalue weighted by atomic mass is 10.1. The van der Waals surface area contributed by atoms with Gasteiger partial charge in [-0.2, -0.15) is 13.2 Å². The third-order valence-corrected chi connectivity index (χ3v) is 4.69. The molecule has 154 valence electrons. The van der Waals surface area contributed by atoms with Crippen molar-refractivity contribution in [1.29, 1.82) is 0 Å². The molecule has 0 aliphatic carbocycles. The molecule has 0 aliphatic rings. The number of aromatic amines is 1. The molecule has 0 bridgehead atoms. The number of nitrogens with one attached hydrogen (secondary N) is 2. The zero-order chi connectivity index (χ0) is 21.2. The van der Waals surface area contributed by atoms with E-state index in [-0.39, 0.29) is 24.8 Å². The maximum absolute atomic E-state index is 12.5. The predicted octanol–water partition coefficient (Wildman–Crippen LogP) is 3.97. The summed E-state index contributed by atoms with van der Waals surface area (Å²) in [5, 5.41) is 13.6. The van der Waals surface area contributed by atoms with Gasteiger partial charge in [0, 0.05) is 28.7 Å². The first-order valence-electron chi connectivity index (χ1n) is 9.00. The Labute approximate surface area is 165 Å². The molecule has 1 amide bonds. The second kappa shape index (κ2) is 8.16. The highest BCUT2D eigenvalue weighted by molar-refractivity contribution is 5.99. The highest BCUT2D eigenvalue weighted by Gasteiger charge is 2.30. The predicted molar refractivity (Wildman–Crippen MR) is 103 cm³/mol. The summed E-state index contributed by atoms with van der Waals surface area (Å²) in [6, 6.07) is 9.49. The highest BCUT2D eigenvalue weighted by Crippen LogP contribution is 2.30. The van der Waals surface area contributed by atoms with Crippen molar-refractivity contribution < 1.29 is 27.8 Å². The van der Waals surface area contributed by atoms with E-state index < -0.39 is 17.8 Å². The molecule has 3 rings (SSSR count). The van der Waals surface area contributed by atoms with Gasteiger partial charge in [0.15, 0.2) is 0 Å². The van der Waals surface area contributed by atoms with Crippen LogP contribution in [0.15, 0.2) is 42.5 Å². The standard InChI is InChI=1S/C21H21F3N2O3/c1-12-13(2)26-19-8-3-14(9-18(12)19)20(28)25-10-16(27)11-29-17-6-4-15(5-7-17)21(22,23)24/h3-9,16,26-27H,10-11H2,1-2H3,(H,25,28). The second-order valence-electron chi connectivity index (χ2n) is 6.83. The second-order valence-corrected chi connectivity index (χ2v) is 6.83. The van der Waals surface area contributed by atoms with Crippen LogP contribution in [0, 0.1) is 13.8 Å². The summed E-state index contributed by atoms with van der Waals surface area (Å²) in [6.07, 6.45) is -5.43. The topological polar surface area (TPSA) is 74.4 Å². The van der Waals surface area contributed by atoms with Crippen molar-refractivity contribution in [3.05, 3.63) is 64.8 Å². The minimum Gasteiger partial charge on any atom is -0.491 e.